The van der Waals surface area contributed by atoms with E-state index in [0.29, 0.717) is 41.2 Å². The van der Waals surface area contributed by atoms with E-state index in [0.717, 1.165) is 11.1 Å². The Balaban J connectivity index is 2.39. The standard InChI is InChI=1S/C24H27NO6S/c1-6-7-21(27)25-17-10-8-14-12-19(29-2)23(30-3)24(31-4)22(14)15-9-11-20(32(5)28)18(26)13-16(15)17/h6-7,9,11-13,17H,8,10H2,1-5H3,(H,25,27)/t17-,32?/m0/s1. The Morgan fingerprint density at radius 3 is 2.44 bits per heavy atom. The molecule has 8 heteroatoms. The minimum absolute atomic E-state index is 0.192. The molecular formula is C24H27NO6S. The fourth-order valence-corrected chi connectivity index (χ4v) is 4.66. The second kappa shape index (κ2) is 9.99. The summed E-state index contributed by atoms with van der Waals surface area (Å²) in [4.78, 5) is 25.5. The van der Waals surface area contributed by atoms with Gasteiger partial charge in [-0.15, -0.1) is 0 Å². The van der Waals surface area contributed by atoms with Crippen molar-refractivity contribution in [1.29, 1.82) is 0 Å². The minimum Gasteiger partial charge on any atom is -0.493 e. The van der Waals surface area contributed by atoms with Gasteiger partial charge in [0, 0.05) is 11.8 Å². The third-order valence-electron chi connectivity index (χ3n) is 5.44. The van der Waals surface area contributed by atoms with Crippen molar-refractivity contribution in [2.75, 3.05) is 27.6 Å². The van der Waals surface area contributed by atoms with Gasteiger partial charge in [-0.25, -0.2) is 0 Å². The lowest BCUT2D eigenvalue weighted by molar-refractivity contribution is -0.117. The van der Waals surface area contributed by atoms with Gasteiger partial charge < -0.3 is 19.5 Å². The van der Waals surface area contributed by atoms with Gasteiger partial charge in [-0.05, 0) is 60.7 Å². The molecular weight excluding hydrogens is 430 g/mol. The number of carbonyl (C=O) groups is 1. The zero-order chi connectivity index (χ0) is 23.4. The summed E-state index contributed by atoms with van der Waals surface area (Å²) in [6.07, 6.45) is 5.72. The molecule has 3 rings (SSSR count). The van der Waals surface area contributed by atoms with Crippen LogP contribution in [0.15, 0.2) is 46.1 Å². The first-order valence-corrected chi connectivity index (χ1v) is 11.7. The van der Waals surface area contributed by atoms with Gasteiger partial charge in [-0.2, -0.15) is 0 Å². The van der Waals surface area contributed by atoms with Crippen LogP contribution in [0.3, 0.4) is 0 Å². The van der Waals surface area contributed by atoms with Crippen LogP contribution in [0.1, 0.15) is 30.5 Å². The van der Waals surface area contributed by atoms with Crippen molar-refractivity contribution in [1.82, 2.24) is 5.32 Å². The number of aryl methyl sites for hydroxylation is 1. The van der Waals surface area contributed by atoms with E-state index in [1.165, 1.54) is 25.5 Å². The van der Waals surface area contributed by atoms with E-state index in [1.54, 1.807) is 39.4 Å². The first kappa shape index (κ1) is 23.5. The fraction of sp³-hybridized carbons (Fsp3) is 0.333. The molecule has 0 aliphatic heterocycles. The molecule has 0 aromatic heterocycles. The molecule has 0 saturated carbocycles. The number of rotatable bonds is 6. The molecule has 32 heavy (non-hydrogen) atoms. The van der Waals surface area contributed by atoms with Crippen molar-refractivity contribution in [3.05, 3.63) is 57.8 Å². The van der Waals surface area contributed by atoms with Gasteiger partial charge in [0.05, 0.1) is 43.1 Å². The van der Waals surface area contributed by atoms with Crippen molar-refractivity contribution in [2.45, 2.75) is 30.7 Å². The number of ether oxygens (including phenoxy) is 3. The molecule has 1 amide bonds. The maximum atomic E-state index is 12.9. The van der Waals surface area contributed by atoms with Gasteiger partial charge in [0.15, 0.2) is 16.9 Å². The highest BCUT2D eigenvalue weighted by Crippen LogP contribution is 2.50. The Kier molecular flexibility index (Phi) is 7.35. The van der Waals surface area contributed by atoms with E-state index in [-0.39, 0.29) is 16.2 Å². The van der Waals surface area contributed by atoms with Crippen molar-refractivity contribution >= 4 is 16.7 Å². The Labute approximate surface area is 189 Å². The number of fused-ring (bicyclic) bond motifs is 3. The van der Waals surface area contributed by atoms with Gasteiger partial charge in [0.1, 0.15) is 0 Å². The molecule has 7 nitrogen and oxygen atoms in total. The van der Waals surface area contributed by atoms with Gasteiger partial charge in [0.25, 0.3) is 0 Å². The molecule has 170 valence electrons. The monoisotopic (exact) mass is 457 g/mol. The van der Waals surface area contributed by atoms with E-state index < -0.39 is 16.8 Å². The molecule has 1 N–H and O–H groups in total. The molecule has 0 fully saturated rings. The smallest absolute Gasteiger partial charge is 0.244 e. The number of hydrogen-bond acceptors (Lipinski definition) is 6. The zero-order valence-electron chi connectivity index (χ0n) is 18.8. The molecule has 0 bridgehead atoms. The second-order valence-electron chi connectivity index (χ2n) is 7.31. The summed E-state index contributed by atoms with van der Waals surface area (Å²) in [5.74, 6) is 1.18. The number of nitrogens with one attached hydrogen (secondary N) is 1. The van der Waals surface area contributed by atoms with Crippen molar-refractivity contribution < 1.29 is 23.2 Å². The summed E-state index contributed by atoms with van der Waals surface area (Å²) in [6.45, 7) is 1.76. The molecule has 0 radical (unpaired) electrons. The van der Waals surface area contributed by atoms with Gasteiger partial charge in [-0.1, -0.05) is 12.1 Å². The quantitative estimate of drug-likeness (QED) is 0.670. The lowest BCUT2D eigenvalue weighted by Crippen LogP contribution is -2.27. The SMILES string of the molecule is CC=CC(=O)N[C@H]1CCc2cc(OC)c(OC)c(OC)c2-c2ccc(S(C)=O)c(=O)cc21. The Hall–Kier alpha value is -3.13. The van der Waals surface area contributed by atoms with Gasteiger partial charge >= 0.3 is 0 Å². The molecule has 2 atom stereocenters. The molecule has 0 saturated heterocycles. The highest BCUT2D eigenvalue weighted by Gasteiger charge is 2.29. The maximum absolute atomic E-state index is 12.9. The highest BCUT2D eigenvalue weighted by atomic mass is 32.2. The van der Waals surface area contributed by atoms with Crippen LogP contribution in [-0.4, -0.2) is 37.7 Å². The Morgan fingerprint density at radius 1 is 1.12 bits per heavy atom. The normalized spacial score (nSPS) is 15.8. The average Bonchev–Trinajstić information content (AvgIpc) is 3.01. The molecule has 1 aliphatic rings. The number of amides is 1. The molecule has 1 aliphatic carbocycles. The van der Waals surface area contributed by atoms with E-state index in [4.69, 9.17) is 14.2 Å². The lowest BCUT2D eigenvalue weighted by atomic mass is 9.95. The van der Waals surface area contributed by atoms with Crippen molar-refractivity contribution in [3.63, 3.8) is 0 Å². The van der Waals surface area contributed by atoms with Crippen LogP contribution < -0.4 is 25.0 Å². The molecule has 0 heterocycles. The molecule has 2 aromatic rings. The second-order valence-corrected chi connectivity index (χ2v) is 8.66. The van der Waals surface area contributed by atoms with Crippen LogP contribution in [0.5, 0.6) is 17.2 Å². The van der Waals surface area contributed by atoms with Crippen LogP contribution in [-0.2, 0) is 22.0 Å². The fourth-order valence-electron chi connectivity index (χ4n) is 4.06. The van der Waals surface area contributed by atoms with E-state index >= 15 is 0 Å². The topological polar surface area (TPSA) is 90.9 Å². The number of allylic oxidation sites excluding steroid dienone is 1. The van der Waals surface area contributed by atoms with Gasteiger partial charge in [0.2, 0.25) is 11.7 Å². The third-order valence-corrected chi connectivity index (χ3v) is 6.40. The summed E-state index contributed by atoms with van der Waals surface area (Å²) in [6, 6.07) is 6.27. The molecule has 2 aromatic carbocycles. The average molecular weight is 458 g/mol. The Bertz CT molecular complexity index is 1160. The van der Waals surface area contributed by atoms with E-state index in [9.17, 15) is 13.8 Å². The van der Waals surface area contributed by atoms with Gasteiger partial charge in [-0.3, -0.25) is 13.8 Å². The predicted octanol–water partition coefficient (Wildman–Crippen LogP) is 3.16. The van der Waals surface area contributed by atoms with Crippen LogP contribution in [0, 0.1) is 0 Å². The summed E-state index contributed by atoms with van der Waals surface area (Å²) in [7, 11) is 3.17. The van der Waals surface area contributed by atoms with Crippen LogP contribution in [0.4, 0.5) is 0 Å². The predicted molar refractivity (Wildman–Crippen MR) is 124 cm³/mol. The number of hydrogen-bond donors (Lipinski definition) is 1. The number of benzene rings is 1. The first-order valence-electron chi connectivity index (χ1n) is 10.1. The summed E-state index contributed by atoms with van der Waals surface area (Å²) in [5, 5.41) is 2.99. The largest absolute Gasteiger partial charge is 0.493 e. The summed E-state index contributed by atoms with van der Waals surface area (Å²) in [5.41, 5.74) is 2.68. The summed E-state index contributed by atoms with van der Waals surface area (Å²) >= 11 is 0. The third kappa shape index (κ3) is 4.41. The Morgan fingerprint density at radius 2 is 1.84 bits per heavy atom. The lowest BCUT2D eigenvalue weighted by Gasteiger charge is -2.19. The zero-order valence-corrected chi connectivity index (χ0v) is 19.6. The molecule has 0 spiro atoms. The van der Waals surface area contributed by atoms with Crippen LogP contribution in [0.2, 0.25) is 0 Å². The molecule has 1 unspecified atom stereocenters. The summed E-state index contributed by atoms with van der Waals surface area (Å²) < 4.78 is 29.0. The first-order chi connectivity index (χ1) is 15.4. The van der Waals surface area contributed by atoms with Crippen molar-refractivity contribution in [2.24, 2.45) is 0 Å². The van der Waals surface area contributed by atoms with E-state index in [2.05, 4.69) is 5.32 Å². The number of carbonyl (C=O) groups excluding carboxylic acids is 1. The maximum Gasteiger partial charge on any atom is 0.244 e. The van der Waals surface area contributed by atoms with Crippen LogP contribution in [0.25, 0.3) is 11.1 Å². The van der Waals surface area contributed by atoms with Crippen LogP contribution >= 0.6 is 0 Å². The number of methoxy groups -OCH3 is 3. The minimum atomic E-state index is -1.46. The highest BCUT2D eigenvalue weighted by molar-refractivity contribution is 7.84. The van der Waals surface area contributed by atoms with E-state index in [1.807, 2.05) is 6.07 Å². The van der Waals surface area contributed by atoms with Crippen molar-refractivity contribution in [3.8, 4) is 28.4 Å².